The molecule has 0 saturated carbocycles. The van der Waals surface area contributed by atoms with Crippen molar-refractivity contribution in [1.82, 2.24) is 4.57 Å². The molecule has 0 aliphatic heterocycles. The van der Waals surface area contributed by atoms with Crippen molar-refractivity contribution < 1.29 is 0 Å². The Balaban J connectivity index is 1.32. The molecule has 52 heavy (non-hydrogen) atoms. The summed E-state index contributed by atoms with van der Waals surface area (Å²) in [5.41, 5.74) is 11.7. The molecular formula is C50H34N2. The van der Waals surface area contributed by atoms with Crippen molar-refractivity contribution in [3.8, 4) is 27.9 Å². The largest absolute Gasteiger partial charge is 0.309 e. The van der Waals surface area contributed by atoms with Crippen LogP contribution >= 0.6 is 0 Å². The minimum absolute atomic E-state index is 1.09. The lowest BCUT2D eigenvalue weighted by molar-refractivity contribution is 1.18. The van der Waals surface area contributed by atoms with E-state index in [-0.39, 0.29) is 0 Å². The van der Waals surface area contributed by atoms with Crippen LogP contribution in [0.25, 0.3) is 71.3 Å². The second-order valence-corrected chi connectivity index (χ2v) is 13.3. The lowest BCUT2D eigenvalue weighted by atomic mass is 9.97. The quantitative estimate of drug-likeness (QED) is 0.161. The van der Waals surface area contributed by atoms with Crippen LogP contribution in [0.15, 0.2) is 206 Å². The molecule has 2 heteroatoms. The molecule has 0 atom stereocenters. The predicted octanol–water partition coefficient (Wildman–Crippen LogP) is 13.9. The van der Waals surface area contributed by atoms with E-state index in [1.807, 2.05) is 0 Å². The van der Waals surface area contributed by atoms with Gasteiger partial charge in [0.15, 0.2) is 0 Å². The number of rotatable bonds is 6. The summed E-state index contributed by atoms with van der Waals surface area (Å²) in [6, 6.07) is 74.7. The maximum Gasteiger partial charge on any atom is 0.0562 e. The van der Waals surface area contributed by atoms with Gasteiger partial charge in [0.2, 0.25) is 0 Å². The molecule has 0 spiro atoms. The molecule has 2 nitrogen and oxygen atoms in total. The lowest BCUT2D eigenvalue weighted by Gasteiger charge is -2.30. The fraction of sp³-hybridized carbons (Fsp3) is 0. The van der Waals surface area contributed by atoms with Crippen LogP contribution in [-0.4, -0.2) is 4.57 Å². The van der Waals surface area contributed by atoms with E-state index in [4.69, 9.17) is 0 Å². The number of para-hydroxylation sites is 2. The van der Waals surface area contributed by atoms with E-state index < -0.39 is 0 Å². The van der Waals surface area contributed by atoms with Crippen molar-refractivity contribution in [1.29, 1.82) is 0 Å². The van der Waals surface area contributed by atoms with Crippen molar-refractivity contribution in [2.45, 2.75) is 0 Å². The van der Waals surface area contributed by atoms with Crippen molar-refractivity contribution in [2.75, 3.05) is 4.90 Å². The third kappa shape index (κ3) is 4.88. The van der Waals surface area contributed by atoms with Crippen LogP contribution < -0.4 is 4.90 Å². The van der Waals surface area contributed by atoms with E-state index in [2.05, 4.69) is 216 Å². The van der Waals surface area contributed by atoms with Gasteiger partial charge in [-0.05, 0) is 75.3 Å². The average molecular weight is 663 g/mol. The summed E-state index contributed by atoms with van der Waals surface area (Å²) in [5.74, 6) is 0. The van der Waals surface area contributed by atoms with Gasteiger partial charge < -0.3 is 9.47 Å². The number of hydrogen-bond acceptors (Lipinski definition) is 1. The van der Waals surface area contributed by atoms with Crippen LogP contribution in [0, 0.1) is 0 Å². The Morgan fingerprint density at radius 2 is 0.942 bits per heavy atom. The molecule has 10 rings (SSSR count). The Kier molecular flexibility index (Phi) is 7.18. The summed E-state index contributed by atoms with van der Waals surface area (Å²) in [5, 5.41) is 7.40. The fourth-order valence-electron chi connectivity index (χ4n) is 8.07. The molecule has 0 fully saturated rings. The molecule has 0 aliphatic carbocycles. The van der Waals surface area contributed by atoms with Gasteiger partial charge in [0, 0.05) is 33.1 Å². The van der Waals surface area contributed by atoms with E-state index in [1.165, 1.54) is 60.1 Å². The summed E-state index contributed by atoms with van der Waals surface area (Å²) >= 11 is 0. The molecular weight excluding hydrogens is 629 g/mol. The molecule has 10 aromatic rings. The zero-order valence-electron chi connectivity index (χ0n) is 28.5. The van der Waals surface area contributed by atoms with Gasteiger partial charge >= 0.3 is 0 Å². The first-order chi connectivity index (χ1) is 25.8. The molecule has 1 heterocycles. The topological polar surface area (TPSA) is 8.17 Å². The summed E-state index contributed by atoms with van der Waals surface area (Å²) < 4.78 is 2.43. The Morgan fingerprint density at radius 1 is 0.346 bits per heavy atom. The molecule has 1 aromatic heterocycles. The number of hydrogen-bond donors (Lipinski definition) is 0. The van der Waals surface area contributed by atoms with Gasteiger partial charge in [-0.1, -0.05) is 164 Å². The van der Waals surface area contributed by atoms with E-state index in [1.54, 1.807) is 0 Å². The zero-order chi connectivity index (χ0) is 34.4. The normalized spacial score (nSPS) is 11.5. The highest BCUT2D eigenvalue weighted by atomic mass is 15.1. The summed E-state index contributed by atoms with van der Waals surface area (Å²) in [4.78, 5) is 2.47. The SMILES string of the molecule is c1ccc(-c2ccccc2N(c2ccc3c4c(-c5ccccc5)cccc4n(-c4ccccc4)c3c2)c2cc3ccccc3c3ccccc23)cc1. The number of nitrogens with zero attached hydrogens (tertiary/aromatic N) is 2. The van der Waals surface area contributed by atoms with E-state index in [0.29, 0.717) is 0 Å². The Bertz CT molecular complexity index is 2890. The maximum atomic E-state index is 2.47. The van der Waals surface area contributed by atoms with Crippen LogP contribution in [-0.2, 0) is 0 Å². The Morgan fingerprint density at radius 3 is 1.71 bits per heavy atom. The summed E-state index contributed by atoms with van der Waals surface area (Å²) in [6.45, 7) is 0. The van der Waals surface area contributed by atoms with Gasteiger partial charge in [-0.3, -0.25) is 0 Å². The van der Waals surface area contributed by atoms with Crippen LogP contribution in [0.3, 0.4) is 0 Å². The summed E-state index contributed by atoms with van der Waals surface area (Å²) in [6.07, 6.45) is 0. The fourth-order valence-corrected chi connectivity index (χ4v) is 8.07. The third-order valence-electron chi connectivity index (χ3n) is 10.3. The van der Waals surface area contributed by atoms with E-state index in [9.17, 15) is 0 Å². The number of anilines is 3. The van der Waals surface area contributed by atoms with Gasteiger partial charge in [0.25, 0.3) is 0 Å². The van der Waals surface area contributed by atoms with Gasteiger partial charge in [-0.15, -0.1) is 0 Å². The first-order valence-corrected chi connectivity index (χ1v) is 17.9. The molecule has 0 unspecified atom stereocenters. The van der Waals surface area contributed by atoms with Crippen LogP contribution in [0.2, 0.25) is 0 Å². The van der Waals surface area contributed by atoms with Crippen LogP contribution in [0.4, 0.5) is 17.1 Å². The van der Waals surface area contributed by atoms with Crippen LogP contribution in [0.1, 0.15) is 0 Å². The highest BCUT2D eigenvalue weighted by Crippen LogP contribution is 2.47. The first-order valence-electron chi connectivity index (χ1n) is 17.9. The van der Waals surface area contributed by atoms with E-state index in [0.717, 1.165) is 28.3 Å². The molecule has 0 N–H and O–H groups in total. The number of fused-ring (bicyclic) bond motifs is 6. The molecule has 244 valence electrons. The smallest absolute Gasteiger partial charge is 0.0562 e. The molecule has 0 saturated heterocycles. The molecule has 0 amide bonds. The number of benzene rings is 9. The van der Waals surface area contributed by atoms with Crippen molar-refractivity contribution in [2.24, 2.45) is 0 Å². The van der Waals surface area contributed by atoms with Crippen molar-refractivity contribution in [3.05, 3.63) is 206 Å². The number of aromatic nitrogens is 1. The molecule has 0 bridgehead atoms. The second-order valence-electron chi connectivity index (χ2n) is 13.3. The minimum atomic E-state index is 1.09. The minimum Gasteiger partial charge on any atom is -0.309 e. The molecule has 0 aliphatic rings. The zero-order valence-corrected chi connectivity index (χ0v) is 28.5. The van der Waals surface area contributed by atoms with Gasteiger partial charge in [-0.25, -0.2) is 0 Å². The van der Waals surface area contributed by atoms with Crippen molar-refractivity contribution in [3.63, 3.8) is 0 Å². The van der Waals surface area contributed by atoms with Gasteiger partial charge in [0.05, 0.1) is 22.4 Å². The summed E-state index contributed by atoms with van der Waals surface area (Å²) in [7, 11) is 0. The second kappa shape index (κ2) is 12.5. The van der Waals surface area contributed by atoms with E-state index >= 15 is 0 Å². The molecule has 9 aromatic carbocycles. The van der Waals surface area contributed by atoms with Gasteiger partial charge in [-0.2, -0.15) is 0 Å². The average Bonchev–Trinajstić information content (AvgIpc) is 3.56. The maximum absolute atomic E-state index is 2.47. The lowest BCUT2D eigenvalue weighted by Crippen LogP contribution is -2.12. The highest BCUT2D eigenvalue weighted by molar-refractivity contribution is 6.18. The predicted molar refractivity (Wildman–Crippen MR) is 221 cm³/mol. The Labute approximate surface area is 303 Å². The van der Waals surface area contributed by atoms with Crippen LogP contribution in [0.5, 0.6) is 0 Å². The van der Waals surface area contributed by atoms with Gasteiger partial charge in [0.1, 0.15) is 0 Å². The Hall–Kier alpha value is -6.90. The molecule has 0 radical (unpaired) electrons. The standard InChI is InChI=1S/C50H34N2/c1-4-17-35(18-5-1)41-25-14-15-29-46(41)52(48-33-37-21-10-11-24-40(37)43-26-12-13-27-44(43)48)39-31-32-45-49(34-39)51(38-22-8-3-9-23-38)47-30-16-28-42(50(45)47)36-19-6-2-7-20-36/h1-34H. The van der Waals surface area contributed by atoms with Crippen molar-refractivity contribution >= 4 is 60.4 Å². The monoisotopic (exact) mass is 662 g/mol. The highest BCUT2D eigenvalue weighted by Gasteiger charge is 2.23. The third-order valence-corrected chi connectivity index (χ3v) is 10.3. The first kappa shape index (κ1) is 30.0.